The summed E-state index contributed by atoms with van der Waals surface area (Å²) in [7, 11) is 0. The maximum absolute atomic E-state index is 5.69. The fraction of sp³-hybridized carbons (Fsp3) is 0.500. The molecule has 0 aromatic carbocycles. The topological polar surface area (TPSA) is 17.8 Å². The van der Waals surface area contributed by atoms with Gasteiger partial charge in [0.15, 0.2) is 0 Å². The highest BCUT2D eigenvalue weighted by Crippen LogP contribution is 2.11. The van der Waals surface area contributed by atoms with Crippen LogP contribution in [0.3, 0.4) is 0 Å². The lowest BCUT2D eigenvalue weighted by molar-refractivity contribution is 0.600. The number of hydrogen-bond donors (Lipinski definition) is 0. The summed E-state index contributed by atoms with van der Waals surface area (Å²) in [4.78, 5) is 3.87. The Labute approximate surface area is 59.5 Å². The van der Waals surface area contributed by atoms with Crippen molar-refractivity contribution in [3.05, 3.63) is 17.7 Å². The van der Waals surface area contributed by atoms with Crippen molar-refractivity contribution in [2.24, 2.45) is 0 Å². The summed E-state index contributed by atoms with van der Waals surface area (Å²) in [5, 5.41) is 0.560. The van der Waals surface area contributed by atoms with Crippen LogP contribution in [0.15, 0.2) is 12.4 Å². The van der Waals surface area contributed by atoms with E-state index in [1.165, 1.54) is 0 Å². The van der Waals surface area contributed by atoms with E-state index in [0.717, 1.165) is 0 Å². The van der Waals surface area contributed by atoms with E-state index in [1.54, 1.807) is 6.20 Å². The Hall–Kier alpha value is -0.500. The Bertz CT molecular complexity index is 193. The van der Waals surface area contributed by atoms with E-state index in [2.05, 4.69) is 18.8 Å². The lowest BCUT2D eigenvalue weighted by Gasteiger charge is -2.05. The van der Waals surface area contributed by atoms with Gasteiger partial charge < -0.3 is 4.57 Å². The zero-order valence-electron chi connectivity index (χ0n) is 5.50. The molecule has 0 saturated heterocycles. The van der Waals surface area contributed by atoms with Crippen LogP contribution in [0.5, 0.6) is 0 Å². The van der Waals surface area contributed by atoms with Crippen LogP contribution in [-0.4, -0.2) is 9.55 Å². The van der Waals surface area contributed by atoms with Gasteiger partial charge in [-0.3, -0.25) is 0 Å². The third-order valence-corrected chi connectivity index (χ3v) is 1.47. The Morgan fingerprint density at radius 2 is 2.33 bits per heavy atom. The number of rotatable bonds is 1. The third kappa shape index (κ3) is 1.24. The van der Waals surface area contributed by atoms with Crippen molar-refractivity contribution in [1.29, 1.82) is 0 Å². The Balaban J connectivity index is 2.94. The van der Waals surface area contributed by atoms with Crippen molar-refractivity contribution in [3.63, 3.8) is 0 Å². The molecule has 0 radical (unpaired) electrons. The molecule has 1 aromatic rings. The molecule has 3 heteroatoms. The molecule has 50 valence electrons. The zero-order valence-corrected chi connectivity index (χ0v) is 6.26. The molecule has 0 atom stereocenters. The van der Waals surface area contributed by atoms with Crippen molar-refractivity contribution in [2.75, 3.05) is 0 Å². The summed E-state index contributed by atoms with van der Waals surface area (Å²) in [6, 6.07) is 0.403. The average Bonchev–Trinajstić information content (AvgIpc) is 2.13. The minimum Gasteiger partial charge on any atom is -0.319 e. The minimum absolute atomic E-state index is 0.403. The Kier molecular flexibility index (Phi) is 1.76. The molecule has 0 aliphatic carbocycles. The predicted octanol–water partition coefficient (Wildman–Crippen LogP) is 2.12. The second-order valence-corrected chi connectivity index (χ2v) is 2.54. The molecule has 0 aliphatic heterocycles. The molecule has 0 amide bonds. The fourth-order valence-corrected chi connectivity index (χ4v) is 0.988. The molecule has 1 heterocycles. The first-order valence-corrected chi connectivity index (χ1v) is 3.28. The molecule has 0 saturated carbocycles. The van der Waals surface area contributed by atoms with Crippen molar-refractivity contribution in [2.45, 2.75) is 19.9 Å². The van der Waals surface area contributed by atoms with Crippen molar-refractivity contribution in [1.82, 2.24) is 9.55 Å². The van der Waals surface area contributed by atoms with E-state index >= 15 is 0 Å². The third-order valence-electron chi connectivity index (χ3n) is 1.18. The molecule has 0 N–H and O–H groups in total. The zero-order chi connectivity index (χ0) is 6.85. The second kappa shape index (κ2) is 2.40. The standard InChI is InChI=1S/C6H9ClN2/c1-5(2)9-4-3-8-6(9)7/h3-5H,1-2H3. The number of aromatic nitrogens is 2. The van der Waals surface area contributed by atoms with Crippen LogP contribution in [0, 0.1) is 0 Å². The van der Waals surface area contributed by atoms with Crippen molar-refractivity contribution in [3.8, 4) is 0 Å². The van der Waals surface area contributed by atoms with Gasteiger partial charge in [0.1, 0.15) is 0 Å². The minimum atomic E-state index is 0.403. The second-order valence-electron chi connectivity index (χ2n) is 2.20. The van der Waals surface area contributed by atoms with Crippen LogP contribution >= 0.6 is 11.6 Å². The van der Waals surface area contributed by atoms with E-state index in [9.17, 15) is 0 Å². The summed E-state index contributed by atoms with van der Waals surface area (Å²) in [5.41, 5.74) is 0. The highest BCUT2D eigenvalue weighted by Gasteiger charge is 2.00. The summed E-state index contributed by atoms with van der Waals surface area (Å²) >= 11 is 5.69. The van der Waals surface area contributed by atoms with Gasteiger partial charge in [0.25, 0.3) is 0 Å². The Morgan fingerprint density at radius 1 is 1.67 bits per heavy atom. The van der Waals surface area contributed by atoms with E-state index in [0.29, 0.717) is 11.3 Å². The van der Waals surface area contributed by atoms with Crippen LogP contribution < -0.4 is 0 Å². The number of hydrogen-bond acceptors (Lipinski definition) is 1. The molecule has 0 bridgehead atoms. The molecule has 0 spiro atoms. The van der Waals surface area contributed by atoms with Crippen LogP contribution in [0.1, 0.15) is 19.9 Å². The summed E-state index contributed by atoms with van der Waals surface area (Å²) in [6.45, 7) is 4.13. The molecule has 1 aromatic heterocycles. The smallest absolute Gasteiger partial charge is 0.202 e. The molecular formula is C6H9ClN2. The van der Waals surface area contributed by atoms with Gasteiger partial charge in [0.05, 0.1) is 0 Å². The number of nitrogens with zero attached hydrogens (tertiary/aromatic N) is 2. The first-order chi connectivity index (χ1) is 4.22. The summed E-state index contributed by atoms with van der Waals surface area (Å²) in [5.74, 6) is 0. The molecule has 0 aliphatic rings. The van der Waals surface area contributed by atoms with Gasteiger partial charge >= 0.3 is 0 Å². The summed E-state index contributed by atoms with van der Waals surface area (Å²) < 4.78 is 1.90. The average molecular weight is 145 g/mol. The highest BCUT2D eigenvalue weighted by atomic mass is 35.5. The van der Waals surface area contributed by atoms with Crippen molar-refractivity contribution >= 4 is 11.6 Å². The number of imidazole rings is 1. The monoisotopic (exact) mass is 144 g/mol. The predicted molar refractivity (Wildman–Crippen MR) is 37.6 cm³/mol. The first kappa shape index (κ1) is 6.62. The van der Waals surface area contributed by atoms with Gasteiger partial charge in [0, 0.05) is 18.4 Å². The van der Waals surface area contributed by atoms with Gasteiger partial charge in [-0.05, 0) is 25.4 Å². The Morgan fingerprint density at radius 3 is 2.56 bits per heavy atom. The molecule has 1 rings (SSSR count). The number of halogens is 1. The quantitative estimate of drug-likeness (QED) is 0.591. The van der Waals surface area contributed by atoms with Crippen LogP contribution in [0.2, 0.25) is 5.28 Å². The van der Waals surface area contributed by atoms with Crippen LogP contribution in [0.25, 0.3) is 0 Å². The van der Waals surface area contributed by atoms with Crippen LogP contribution in [0.4, 0.5) is 0 Å². The van der Waals surface area contributed by atoms with Gasteiger partial charge in [-0.2, -0.15) is 0 Å². The highest BCUT2D eigenvalue weighted by molar-refractivity contribution is 6.28. The van der Waals surface area contributed by atoms with E-state index in [-0.39, 0.29) is 0 Å². The normalized spacial score (nSPS) is 10.7. The molecule has 0 unspecified atom stereocenters. The largest absolute Gasteiger partial charge is 0.319 e. The SMILES string of the molecule is CC(C)n1ccnc1Cl. The van der Waals surface area contributed by atoms with Crippen LogP contribution in [-0.2, 0) is 0 Å². The summed E-state index contributed by atoms with van der Waals surface area (Å²) in [6.07, 6.45) is 3.56. The fourth-order valence-electron chi connectivity index (χ4n) is 0.680. The maximum atomic E-state index is 5.69. The van der Waals surface area contributed by atoms with E-state index < -0.39 is 0 Å². The lowest BCUT2D eigenvalue weighted by Crippen LogP contribution is -1.97. The molecule has 2 nitrogen and oxygen atoms in total. The lowest BCUT2D eigenvalue weighted by atomic mass is 10.4. The molecular weight excluding hydrogens is 136 g/mol. The van der Waals surface area contributed by atoms with Gasteiger partial charge in [-0.1, -0.05) is 0 Å². The van der Waals surface area contributed by atoms with E-state index in [1.807, 2.05) is 10.8 Å². The first-order valence-electron chi connectivity index (χ1n) is 2.90. The molecule has 0 fully saturated rings. The van der Waals surface area contributed by atoms with Gasteiger partial charge in [-0.25, -0.2) is 4.98 Å². The van der Waals surface area contributed by atoms with E-state index in [4.69, 9.17) is 11.6 Å². The van der Waals surface area contributed by atoms with Crippen molar-refractivity contribution < 1.29 is 0 Å². The maximum Gasteiger partial charge on any atom is 0.202 e. The van der Waals surface area contributed by atoms with Gasteiger partial charge in [0.2, 0.25) is 5.28 Å². The van der Waals surface area contributed by atoms with Gasteiger partial charge in [-0.15, -0.1) is 0 Å². The molecule has 9 heavy (non-hydrogen) atoms.